The molecule has 0 aliphatic heterocycles. The molecule has 4 rings (SSSR count). The molecule has 1 aliphatic rings. The third kappa shape index (κ3) is 1.99. The van der Waals surface area contributed by atoms with Crippen LogP contribution in [0.15, 0.2) is 42.9 Å². The number of benzene rings is 1. The van der Waals surface area contributed by atoms with E-state index >= 15 is 0 Å². The first-order chi connectivity index (χ1) is 10.3. The van der Waals surface area contributed by atoms with Gasteiger partial charge in [0.1, 0.15) is 5.69 Å². The summed E-state index contributed by atoms with van der Waals surface area (Å²) < 4.78 is 2.68. The molecule has 1 aliphatic carbocycles. The van der Waals surface area contributed by atoms with Crippen LogP contribution in [-0.4, -0.2) is 24.7 Å². The summed E-state index contributed by atoms with van der Waals surface area (Å²) in [6.45, 7) is 0. The van der Waals surface area contributed by atoms with E-state index in [1.807, 2.05) is 0 Å². The van der Waals surface area contributed by atoms with Gasteiger partial charge in [-0.3, -0.25) is 14.6 Å². The number of nitrogens with zero attached hydrogens (tertiary/aromatic N) is 4. The highest BCUT2D eigenvalue weighted by Crippen LogP contribution is 2.36. The lowest BCUT2D eigenvalue weighted by Crippen LogP contribution is -2.10. The predicted octanol–water partition coefficient (Wildman–Crippen LogP) is 2.93. The van der Waals surface area contributed by atoms with Crippen LogP contribution in [0.4, 0.5) is 0 Å². The Morgan fingerprint density at radius 3 is 3.00 bits per heavy atom. The molecule has 2 heterocycles. The van der Waals surface area contributed by atoms with Crippen molar-refractivity contribution in [3.63, 3.8) is 0 Å². The van der Waals surface area contributed by atoms with Gasteiger partial charge in [0, 0.05) is 12.4 Å². The largest absolute Gasteiger partial charge is 0.291 e. The van der Waals surface area contributed by atoms with Gasteiger partial charge in [0.05, 0.1) is 12.2 Å². The Labute approximate surface area is 126 Å². The highest BCUT2D eigenvalue weighted by atomic mass is 32.1. The van der Waals surface area contributed by atoms with Gasteiger partial charge in [-0.15, -0.1) is 0 Å². The summed E-state index contributed by atoms with van der Waals surface area (Å²) in [5, 5.41) is 7.24. The molecule has 5 nitrogen and oxygen atoms in total. The van der Waals surface area contributed by atoms with Crippen molar-refractivity contribution in [2.45, 2.75) is 18.9 Å². The third-order valence-electron chi connectivity index (χ3n) is 3.91. The second-order valence-corrected chi connectivity index (χ2v) is 5.45. The second-order valence-electron chi connectivity index (χ2n) is 5.07. The van der Waals surface area contributed by atoms with E-state index < -0.39 is 0 Å². The van der Waals surface area contributed by atoms with E-state index in [1.54, 1.807) is 18.6 Å². The lowest BCUT2D eigenvalue weighted by atomic mass is 10.1. The van der Waals surface area contributed by atoms with E-state index in [-0.39, 0.29) is 6.04 Å². The average Bonchev–Trinajstić information content (AvgIpc) is 3.11. The molecule has 6 heteroatoms. The fraction of sp³-hybridized carbons (Fsp3) is 0.200. The minimum Gasteiger partial charge on any atom is -0.291 e. The number of aryl methyl sites for hydroxylation is 1. The van der Waals surface area contributed by atoms with Gasteiger partial charge in [-0.1, -0.05) is 24.3 Å². The number of H-pyrrole nitrogens is 1. The first kappa shape index (κ1) is 12.4. The molecule has 0 unspecified atom stereocenters. The molecule has 0 bridgehead atoms. The molecule has 0 saturated heterocycles. The fourth-order valence-corrected chi connectivity index (χ4v) is 3.25. The minimum atomic E-state index is 0.212. The van der Waals surface area contributed by atoms with Crippen LogP contribution in [-0.2, 0) is 6.42 Å². The smallest absolute Gasteiger partial charge is 0.196 e. The van der Waals surface area contributed by atoms with Crippen LogP contribution >= 0.6 is 12.2 Å². The van der Waals surface area contributed by atoms with E-state index in [2.05, 4.69) is 49.0 Å². The number of hydrogen-bond donors (Lipinski definition) is 1. The van der Waals surface area contributed by atoms with Crippen molar-refractivity contribution in [3.05, 3.63) is 58.8 Å². The van der Waals surface area contributed by atoms with Crippen LogP contribution in [0.3, 0.4) is 0 Å². The Balaban J connectivity index is 1.88. The van der Waals surface area contributed by atoms with Gasteiger partial charge in [-0.05, 0) is 36.2 Å². The number of aromatic nitrogens is 5. The van der Waals surface area contributed by atoms with Crippen LogP contribution < -0.4 is 0 Å². The first-order valence-corrected chi connectivity index (χ1v) is 7.26. The van der Waals surface area contributed by atoms with Gasteiger partial charge >= 0.3 is 0 Å². The van der Waals surface area contributed by atoms with E-state index in [0.717, 1.165) is 24.4 Å². The zero-order valence-electron chi connectivity index (χ0n) is 11.2. The maximum absolute atomic E-state index is 5.44. The number of hydrogen-bond acceptors (Lipinski definition) is 4. The second kappa shape index (κ2) is 4.89. The van der Waals surface area contributed by atoms with Crippen molar-refractivity contribution < 1.29 is 0 Å². The third-order valence-corrected chi connectivity index (χ3v) is 4.20. The molecule has 1 atom stereocenters. The van der Waals surface area contributed by atoms with Gasteiger partial charge < -0.3 is 0 Å². The summed E-state index contributed by atoms with van der Waals surface area (Å²) in [7, 11) is 0. The zero-order chi connectivity index (χ0) is 14.2. The molecule has 1 aromatic carbocycles. The highest BCUT2D eigenvalue weighted by Gasteiger charge is 2.27. The molecule has 0 saturated carbocycles. The number of aromatic amines is 1. The molecule has 21 heavy (non-hydrogen) atoms. The van der Waals surface area contributed by atoms with Crippen molar-refractivity contribution >= 4 is 12.2 Å². The molecule has 0 fully saturated rings. The Bertz CT molecular complexity index is 837. The summed E-state index contributed by atoms with van der Waals surface area (Å²) in [4.78, 5) is 8.46. The lowest BCUT2D eigenvalue weighted by Gasteiger charge is -2.15. The van der Waals surface area contributed by atoms with Crippen LogP contribution in [0.5, 0.6) is 0 Å². The summed E-state index contributed by atoms with van der Waals surface area (Å²) >= 11 is 5.44. The average molecular weight is 295 g/mol. The van der Waals surface area contributed by atoms with Crippen LogP contribution in [0.1, 0.15) is 23.6 Å². The Kier molecular flexibility index (Phi) is 2.89. The molecular weight excluding hydrogens is 282 g/mol. The van der Waals surface area contributed by atoms with Crippen molar-refractivity contribution in [3.8, 4) is 11.5 Å². The van der Waals surface area contributed by atoms with Crippen LogP contribution in [0.2, 0.25) is 0 Å². The quantitative estimate of drug-likeness (QED) is 0.738. The topological polar surface area (TPSA) is 59.4 Å². The summed E-state index contributed by atoms with van der Waals surface area (Å²) in [6.07, 6.45) is 7.12. The van der Waals surface area contributed by atoms with Gasteiger partial charge in [-0.25, -0.2) is 4.98 Å². The lowest BCUT2D eigenvalue weighted by molar-refractivity contribution is 0.576. The summed E-state index contributed by atoms with van der Waals surface area (Å²) in [5.41, 5.74) is 3.44. The van der Waals surface area contributed by atoms with Crippen LogP contribution in [0, 0.1) is 4.77 Å². The molecule has 0 radical (unpaired) electrons. The van der Waals surface area contributed by atoms with Gasteiger partial charge in [0.2, 0.25) is 0 Å². The van der Waals surface area contributed by atoms with Gasteiger partial charge in [-0.2, -0.15) is 5.10 Å². The van der Waals surface area contributed by atoms with E-state index in [4.69, 9.17) is 12.2 Å². The van der Waals surface area contributed by atoms with E-state index in [9.17, 15) is 0 Å². The Morgan fingerprint density at radius 2 is 2.14 bits per heavy atom. The standard InChI is InChI=1S/C15H13N5S/c21-15-19-18-14(12-9-16-7-8-17-12)20(15)13-6-5-10-3-1-2-4-11(10)13/h1-4,7-9,13H,5-6H2,(H,19,21)/t13-/m1/s1. The van der Waals surface area contributed by atoms with Crippen molar-refractivity contribution in [1.29, 1.82) is 0 Å². The fourth-order valence-electron chi connectivity index (χ4n) is 2.99. The predicted molar refractivity (Wildman–Crippen MR) is 81.3 cm³/mol. The van der Waals surface area contributed by atoms with E-state index in [1.165, 1.54) is 11.1 Å². The molecule has 3 aromatic rings. The summed E-state index contributed by atoms with van der Waals surface area (Å²) in [6, 6.07) is 8.72. The van der Waals surface area contributed by atoms with Gasteiger partial charge in [0.25, 0.3) is 0 Å². The molecule has 104 valence electrons. The highest BCUT2D eigenvalue weighted by molar-refractivity contribution is 7.71. The number of fused-ring (bicyclic) bond motifs is 1. The molecular formula is C15H13N5S. The maximum Gasteiger partial charge on any atom is 0.196 e. The Hall–Kier alpha value is -2.34. The number of nitrogens with one attached hydrogen (secondary N) is 1. The minimum absolute atomic E-state index is 0.212. The monoisotopic (exact) mass is 295 g/mol. The molecule has 2 aromatic heterocycles. The SMILES string of the molecule is S=c1[nH]nc(-c2cnccn2)n1[C@@H]1CCc2ccccc21. The summed E-state index contributed by atoms with van der Waals surface area (Å²) in [5.74, 6) is 0.745. The zero-order valence-corrected chi connectivity index (χ0v) is 12.0. The molecule has 0 spiro atoms. The Morgan fingerprint density at radius 1 is 1.24 bits per heavy atom. The van der Waals surface area contributed by atoms with Crippen molar-refractivity contribution in [2.75, 3.05) is 0 Å². The molecule has 0 amide bonds. The number of rotatable bonds is 2. The van der Waals surface area contributed by atoms with Crippen molar-refractivity contribution in [2.24, 2.45) is 0 Å². The van der Waals surface area contributed by atoms with Gasteiger partial charge in [0.15, 0.2) is 10.6 Å². The van der Waals surface area contributed by atoms with Crippen LogP contribution in [0.25, 0.3) is 11.5 Å². The normalized spacial score (nSPS) is 16.9. The van der Waals surface area contributed by atoms with E-state index in [0.29, 0.717) is 4.77 Å². The first-order valence-electron chi connectivity index (χ1n) is 6.85. The van der Waals surface area contributed by atoms with Crippen molar-refractivity contribution in [1.82, 2.24) is 24.7 Å². The maximum atomic E-state index is 5.44. The molecule has 1 N–H and O–H groups in total.